The van der Waals surface area contributed by atoms with Crippen LogP contribution in [0.1, 0.15) is 11.1 Å². The van der Waals surface area contributed by atoms with E-state index in [9.17, 15) is 18.0 Å². The third-order valence-corrected chi connectivity index (χ3v) is 3.71. The van der Waals surface area contributed by atoms with Gasteiger partial charge in [-0.3, -0.25) is 4.90 Å². The van der Waals surface area contributed by atoms with Crippen LogP contribution in [-0.4, -0.2) is 47.2 Å². The Hall–Kier alpha value is -1.47. The normalized spacial score (nSPS) is 17.0. The first-order valence-electron chi connectivity index (χ1n) is 6.33. The predicted molar refractivity (Wildman–Crippen MR) is 71.3 cm³/mol. The van der Waals surface area contributed by atoms with Gasteiger partial charge in [0.1, 0.15) is 0 Å². The third kappa shape index (κ3) is 4.01. The summed E-state index contributed by atoms with van der Waals surface area (Å²) in [6.45, 7) is 2.05. The number of hydrogen-bond acceptors (Lipinski definition) is 2. The van der Waals surface area contributed by atoms with Gasteiger partial charge in [0.2, 0.25) is 0 Å². The Kier molecular flexibility index (Phi) is 4.63. The smallest absolute Gasteiger partial charge is 0.417 e. The second-order valence-corrected chi connectivity index (χ2v) is 5.26. The maximum Gasteiger partial charge on any atom is 0.417 e. The molecule has 1 amide bonds. The lowest BCUT2D eigenvalue weighted by Crippen LogP contribution is -2.47. The Bertz CT molecular complexity index is 529. The molecular weight excluding hydrogens is 309 g/mol. The number of piperazine rings is 1. The Labute approximate surface area is 124 Å². The van der Waals surface area contributed by atoms with Crippen molar-refractivity contribution < 1.29 is 23.1 Å². The van der Waals surface area contributed by atoms with Crippen molar-refractivity contribution in [3.63, 3.8) is 0 Å². The molecule has 0 radical (unpaired) electrons. The minimum absolute atomic E-state index is 0.318. The molecule has 21 heavy (non-hydrogen) atoms. The van der Waals surface area contributed by atoms with Crippen molar-refractivity contribution in [3.8, 4) is 0 Å². The van der Waals surface area contributed by atoms with E-state index in [1.165, 1.54) is 11.0 Å². The standard InChI is InChI=1S/C13H14ClF3N2O2/c14-11-2-1-9(7-10(11)13(15,16)17)8-18-3-5-19(6-4-18)12(20)21/h1-2,7H,3-6,8H2,(H,20,21). The number of carboxylic acid groups (broad SMARTS) is 1. The highest BCUT2D eigenvalue weighted by Gasteiger charge is 2.33. The van der Waals surface area contributed by atoms with Crippen molar-refractivity contribution in [1.29, 1.82) is 0 Å². The number of carbonyl (C=O) groups is 1. The Morgan fingerprint density at radius 1 is 1.24 bits per heavy atom. The highest BCUT2D eigenvalue weighted by molar-refractivity contribution is 6.31. The molecule has 0 unspecified atom stereocenters. The van der Waals surface area contributed by atoms with E-state index < -0.39 is 17.8 Å². The van der Waals surface area contributed by atoms with Gasteiger partial charge in [-0.25, -0.2) is 4.79 Å². The third-order valence-electron chi connectivity index (χ3n) is 3.39. The molecule has 1 N–H and O–H groups in total. The molecule has 1 fully saturated rings. The van der Waals surface area contributed by atoms with Crippen LogP contribution in [-0.2, 0) is 12.7 Å². The van der Waals surface area contributed by atoms with Gasteiger partial charge in [0.05, 0.1) is 10.6 Å². The number of hydrogen-bond donors (Lipinski definition) is 1. The van der Waals surface area contributed by atoms with E-state index in [1.807, 2.05) is 4.90 Å². The number of alkyl halides is 3. The van der Waals surface area contributed by atoms with Crippen molar-refractivity contribution in [1.82, 2.24) is 9.80 Å². The quantitative estimate of drug-likeness (QED) is 0.909. The van der Waals surface area contributed by atoms with Crippen molar-refractivity contribution in [2.75, 3.05) is 26.2 Å². The molecule has 1 saturated heterocycles. The predicted octanol–water partition coefficient (Wildman–Crippen LogP) is 3.15. The number of benzene rings is 1. The van der Waals surface area contributed by atoms with Gasteiger partial charge in [-0.1, -0.05) is 17.7 Å². The summed E-state index contributed by atoms with van der Waals surface area (Å²) >= 11 is 5.57. The van der Waals surface area contributed by atoms with E-state index in [-0.39, 0.29) is 5.02 Å². The fourth-order valence-electron chi connectivity index (χ4n) is 2.24. The number of amides is 1. The lowest BCUT2D eigenvalue weighted by atomic mass is 10.1. The van der Waals surface area contributed by atoms with Gasteiger partial charge in [-0.15, -0.1) is 0 Å². The average Bonchev–Trinajstić information content (AvgIpc) is 2.40. The first-order chi connectivity index (χ1) is 9.77. The average molecular weight is 323 g/mol. The highest BCUT2D eigenvalue weighted by Crippen LogP contribution is 2.35. The second-order valence-electron chi connectivity index (χ2n) is 4.86. The molecule has 0 aromatic heterocycles. The van der Waals surface area contributed by atoms with Crippen LogP contribution < -0.4 is 0 Å². The molecule has 0 aliphatic carbocycles. The lowest BCUT2D eigenvalue weighted by molar-refractivity contribution is -0.137. The van der Waals surface area contributed by atoms with E-state index in [0.717, 1.165) is 6.07 Å². The van der Waals surface area contributed by atoms with Crippen LogP contribution in [0.3, 0.4) is 0 Å². The molecule has 1 aromatic carbocycles. The monoisotopic (exact) mass is 322 g/mol. The van der Waals surface area contributed by atoms with Gasteiger partial charge < -0.3 is 10.0 Å². The van der Waals surface area contributed by atoms with Crippen molar-refractivity contribution in [3.05, 3.63) is 34.3 Å². The van der Waals surface area contributed by atoms with Crippen LogP contribution in [0.25, 0.3) is 0 Å². The van der Waals surface area contributed by atoms with Crippen molar-refractivity contribution >= 4 is 17.7 Å². The number of rotatable bonds is 2. The van der Waals surface area contributed by atoms with E-state index in [0.29, 0.717) is 38.3 Å². The number of nitrogens with zero attached hydrogens (tertiary/aromatic N) is 2. The Balaban J connectivity index is 2.03. The molecule has 4 nitrogen and oxygen atoms in total. The zero-order valence-electron chi connectivity index (χ0n) is 11.0. The summed E-state index contributed by atoms with van der Waals surface area (Å²) in [5.41, 5.74) is -0.332. The summed E-state index contributed by atoms with van der Waals surface area (Å²) in [4.78, 5) is 14.0. The molecule has 116 valence electrons. The van der Waals surface area contributed by atoms with Gasteiger partial charge in [-0.2, -0.15) is 13.2 Å². The molecule has 0 atom stereocenters. The summed E-state index contributed by atoms with van der Waals surface area (Å²) < 4.78 is 38.3. The number of halogens is 4. The SMILES string of the molecule is O=C(O)N1CCN(Cc2ccc(Cl)c(C(F)(F)F)c2)CC1. The van der Waals surface area contributed by atoms with Gasteiger partial charge in [0, 0.05) is 32.7 Å². The van der Waals surface area contributed by atoms with E-state index >= 15 is 0 Å². The van der Waals surface area contributed by atoms with E-state index in [1.54, 1.807) is 6.07 Å². The Morgan fingerprint density at radius 2 is 1.86 bits per heavy atom. The highest BCUT2D eigenvalue weighted by atomic mass is 35.5. The van der Waals surface area contributed by atoms with E-state index in [2.05, 4.69) is 0 Å². The summed E-state index contributed by atoms with van der Waals surface area (Å²) in [6.07, 6.45) is -5.45. The zero-order chi connectivity index (χ0) is 15.6. The van der Waals surface area contributed by atoms with Gasteiger partial charge in [-0.05, 0) is 17.7 Å². The summed E-state index contributed by atoms with van der Waals surface area (Å²) in [7, 11) is 0. The maximum atomic E-state index is 12.8. The molecule has 1 aliphatic heterocycles. The fourth-order valence-corrected chi connectivity index (χ4v) is 2.47. The van der Waals surface area contributed by atoms with E-state index in [4.69, 9.17) is 16.7 Å². The van der Waals surface area contributed by atoms with Gasteiger partial charge in [0.25, 0.3) is 0 Å². The maximum absolute atomic E-state index is 12.8. The first kappa shape index (κ1) is 15.9. The lowest BCUT2D eigenvalue weighted by Gasteiger charge is -2.33. The molecule has 0 bridgehead atoms. The second kappa shape index (κ2) is 6.11. The molecular formula is C13H14ClF3N2O2. The zero-order valence-corrected chi connectivity index (χ0v) is 11.8. The largest absolute Gasteiger partial charge is 0.465 e. The van der Waals surface area contributed by atoms with Crippen LogP contribution >= 0.6 is 11.6 Å². The van der Waals surface area contributed by atoms with Crippen molar-refractivity contribution in [2.24, 2.45) is 0 Å². The van der Waals surface area contributed by atoms with Crippen LogP contribution in [0.15, 0.2) is 18.2 Å². The minimum Gasteiger partial charge on any atom is -0.465 e. The fraction of sp³-hybridized carbons (Fsp3) is 0.462. The molecule has 2 rings (SSSR count). The molecule has 1 heterocycles. The first-order valence-corrected chi connectivity index (χ1v) is 6.71. The molecule has 1 aromatic rings. The van der Waals surface area contributed by atoms with Crippen LogP contribution in [0.4, 0.5) is 18.0 Å². The summed E-state index contributed by atoms with van der Waals surface area (Å²) in [6, 6.07) is 3.85. The molecule has 0 saturated carbocycles. The van der Waals surface area contributed by atoms with Gasteiger partial charge >= 0.3 is 12.3 Å². The summed E-state index contributed by atoms with van der Waals surface area (Å²) in [5, 5.41) is 8.52. The van der Waals surface area contributed by atoms with Crippen LogP contribution in [0, 0.1) is 0 Å². The van der Waals surface area contributed by atoms with Crippen molar-refractivity contribution in [2.45, 2.75) is 12.7 Å². The minimum atomic E-state index is -4.48. The molecule has 0 spiro atoms. The molecule has 8 heteroatoms. The van der Waals surface area contributed by atoms with Gasteiger partial charge in [0.15, 0.2) is 0 Å². The Morgan fingerprint density at radius 3 is 2.38 bits per heavy atom. The van der Waals surface area contributed by atoms with Crippen LogP contribution in [0.2, 0.25) is 5.02 Å². The topological polar surface area (TPSA) is 43.8 Å². The van der Waals surface area contributed by atoms with Crippen LogP contribution in [0.5, 0.6) is 0 Å². The molecule has 1 aliphatic rings. The summed E-state index contributed by atoms with van der Waals surface area (Å²) in [5.74, 6) is 0.